The Morgan fingerprint density at radius 3 is 1.13 bits per heavy atom. The fourth-order valence-corrected chi connectivity index (χ4v) is 5.03. The Hall–Kier alpha value is -0.570. The van der Waals surface area contributed by atoms with Gasteiger partial charge in [-0.05, 0) is 27.2 Å². The lowest BCUT2D eigenvalue weighted by atomic mass is 10.0. The fraction of sp³-hybridized carbons (Fsp3) is 0.963. The van der Waals surface area contributed by atoms with E-state index in [9.17, 15) is 9.90 Å². The van der Waals surface area contributed by atoms with Crippen molar-refractivity contribution in [3.63, 3.8) is 0 Å². The summed E-state index contributed by atoms with van der Waals surface area (Å²) in [5.41, 5.74) is 0. The van der Waals surface area contributed by atoms with E-state index < -0.39 is 5.97 Å². The van der Waals surface area contributed by atoms with Gasteiger partial charge in [-0.3, -0.25) is 0 Å². The van der Waals surface area contributed by atoms with Crippen molar-refractivity contribution in [2.75, 3.05) is 19.6 Å². The second kappa shape index (κ2) is 20.3. The first-order valence-electron chi connectivity index (χ1n) is 13.7. The lowest BCUT2D eigenvalue weighted by Gasteiger charge is -2.40. The van der Waals surface area contributed by atoms with Gasteiger partial charge >= 0.3 is 5.97 Å². The Balaban J connectivity index is 3.56. The molecule has 0 fully saturated rings. The molecular weight excluding hydrogens is 370 g/mol. The Morgan fingerprint density at radius 1 is 0.567 bits per heavy atom. The SMILES string of the molecule is CCCCCCCCCCCCCCCCCCCC(C(=O)O)[N+](CC)(CC)CC. The minimum atomic E-state index is -0.600. The predicted molar refractivity (Wildman–Crippen MR) is 132 cm³/mol. The zero-order valence-corrected chi connectivity index (χ0v) is 21.2. The molecule has 180 valence electrons. The van der Waals surface area contributed by atoms with E-state index in [4.69, 9.17) is 0 Å². The summed E-state index contributed by atoms with van der Waals surface area (Å²) in [6.07, 6.45) is 24.1. The van der Waals surface area contributed by atoms with E-state index in [0.29, 0.717) is 0 Å². The first kappa shape index (κ1) is 29.4. The zero-order valence-electron chi connectivity index (χ0n) is 21.2. The van der Waals surface area contributed by atoms with Gasteiger partial charge in [0.1, 0.15) is 0 Å². The molecule has 0 aliphatic rings. The normalized spacial score (nSPS) is 12.9. The first-order valence-corrected chi connectivity index (χ1v) is 13.7. The van der Waals surface area contributed by atoms with E-state index in [2.05, 4.69) is 27.7 Å². The summed E-state index contributed by atoms with van der Waals surface area (Å²) in [4.78, 5) is 11.8. The van der Waals surface area contributed by atoms with Crippen molar-refractivity contribution < 1.29 is 14.4 Å². The average molecular weight is 427 g/mol. The van der Waals surface area contributed by atoms with Crippen LogP contribution in [0.3, 0.4) is 0 Å². The second-order valence-electron chi connectivity index (χ2n) is 9.47. The number of quaternary nitrogens is 1. The van der Waals surface area contributed by atoms with Crippen LogP contribution in [0.4, 0.5) is 0 Å². The molecule has 0 saturated heterocycles. The largest absolute Gasteiger partial charge is 0.477 e. The molecule has 0 heterocycles. The summed E-state index contributed by atoms with van der Waals surface area (Å²) < 4.78 is 0.730. The van der Waals surface area contributed by atoms with E-state index in [0.717, 1.165) is 37.0 Å². The van der Waals surface area contributed by atoms with Gasteiger partial charge in [0, 0.05) is 6.42 Å². The van der Waals surface area contributed by atoms with Crippen molar-refractivity contribution in [3.8, 4) is 0 Å². The molecule has 0 aromatic carbocycles. The van der Waals surface area contributed by atoms with Crippen molar-refractivity contribution in [2.45, 2.75) is 149 Å². The molecule has 0 amide bonds. The van der Waals surface area contributed by atoms with Gasteiger partial charge in [0.25, 0.3) is 0 Å². The molecule has 0 saturated carbocycles. The van der Waals surface area contributed by atoms with Crippen molar-refractivity contribution in [2.24, 2.45) is 0 Å². The van der Waals surface area contributed by atoms with Crippen LogP contribution in [0.5, 0.6) is 0 Å². The monoisotopic (exact) mass is 426 g/mol. The highest BCUT2D eigenvalue weighted by molar-refractivity contribution is 5.72. The molecule has 0 rings (SSSR count). The summed E-state index contributed by atoms with van der Waals surface area (Å²) in [7, 11) is 0. The number of unbranched alkanes of at least 4 members (excludes halogenated alkanes) is 16. The molecule has 3 heteroatoms. The van der Waals surface area contributed by atoms with Crippen LogP contribution in [0.15, 0.2) is 0 Å². The quantitative estimate of drug-likeness (QED) is 0.132. The lowest BCUT2D eigenvalue weighted by molar-refractivity contribution is -0.939. The fourth-order valence-electron chi connectivity index (χ4n) is 5.03. The summed E-state index contributed by atoms with van der Waals surface area (Å²) in [5, 5.41) is 9.72. The molecular formula is C27H56NO2+. The number of carboxylic acid groups (broad SMARTS) is 1. The molecule has 0 radical (unpaired) electrons. The minimum Gasteiger partial charge on any atom is -0.477 e. The van der Waals surface area contributed by atoms with Crippen LogP contribution in [0.1, 0.15) is 143 Å². The molecule has 0 aromatic rings. The molecule has 0 aliphatic heterocycles. The Bertz CT molecular complexity index is 371. The van der Waals surface area contributed by atoms with Crippen LogP contribution < -0.4 is 0 Å². The van der Waals surface area contributed by atoms with Crippen LogP contribution in [-0.4, -0.2) is 41.2 Å². The summed E-state index contributed by atoms with van der Waals surface area (Å²) in [6.45, 7) is 11.5. The van der Waals surface area contributed by atoms with Crippen LogP contribution in [0.25, 0.3) is 0 Å². The molecule has 0 bridgehead atoms. The number of rotatable bonds is 23. The predicted octanol–water partition coefficient (Wildman–Crippen LogP) is 8.36. The maximum Gasteiger partial charge on any atom is 0.362 e. The van der Waals surface area contributed by atoms with Gasteiger partial charge in [-0.15, -0.1) is 0 Å². The van der Waals surface area contributed by atoms with E-state index in [1.54, 1.807) is 0 Å². The number of carbonyl (C=O) groups is 1. The Kier molecular flexibility index (Phi) is 20.0. The van der Waals surface area contributed by atoms with Gasteiger partial charge in [0.15, 0.2) is 6.04 Å². The number of likely N-dealkylation sites (N-methyl/N-ethyl adjacent to an activating group) is 1. The average Bonchev–Trinajstić information content (AvgIpc) is 2.75. The third-order valence-corrected chi connectivity index (χ3v) is 7.42. The molecule has 0 aromatic heterocycles. The number of nitrogens with zero attached hydrogens (tertiary/aromatic N) is 1. The number of carboxylic acids is 1. The van der Waals surface area contributed by atoms with E-state index in [1.165, 1.54) is 103 Å². The molecule has 30 heavy (non-hydrogen) atoms. The number of aliphatic carboxylic acids is 1. The van der Waals surface area contributed by atoms with Gasteiger partial charge < -0.3 is 9.59 Å². The Labute approximate surface area is 189 Å². The van der Waals surface area contributed by atoms with E-state index in [1.807, 2.05) is 0 Å². The van der Waals surface area contributed by atoms with Crippen molar-refractivity contribution >= 4 is 5.97 Å². The first-order chi connectivity index (χ1) is 14.6. The highest BCUT2D eigenvalue weighted by Gasteiger charge is 2.37. The van der Waals surface area contributed by atoms with Crippen LogP contribution in [-0.2, 0) is 4.79 Å². The van der Waals surface area contributed by atoms with Crippen LogP contribution in [0, 0.1) is 0 Å². The minimum absolute atomic E-state index is 0.221. The molecule has 1 unspecified atom stereocenters. The van der Waals surface area contributed by atoms with Gasteiger partial charge in [-0.2, -0.15) is 0 Å². The molecule has 0 aliphatic carbocycles. The summed E-state index contributed by atoms with van der Waals surface area (Å²) in [6, 6.07) is -0.221. The summed E-state index contributed by atoms with van der Waals surface area (Å²) in [5.74, 6) is -0.600. The summed E-state index contributed by atoms with van der Waals surface area (Å²) >= 11 is 0. The maximum absolute atomic E-state index is 11.8. The van der Waals surface area contributed by atoms with Gasteiger partial charge in [0.05, 0.1) is 19.6 Å². The topological polar surface area (TPSA) is 37.3 Å². The zero-order chi connectivity index (χ0) is 22.5. The van der Waals surface area contributed by atoms with Crippen molar-refractivity contribution in [1.82, 2.24) is 0 Å². The molecule has 0 spiro atoms. The van der Waals surface area contributed by atoms with E-state index >= 15 is 0 Å². The molecule has 1 atom stereocenters. The van der Waals surface area contributed by atoms with Crippen LogP contribution in [0.2, 0.25) is 0 Å². The lowest BCUT2D eigenvalue weighted by Crippen LogP contribution is -2.58. The maximum atomic E-state index is 11.8. The van der Waals surface area contributed by atoms with Gasteiger partial charge in [-0.1, -0.05) is 110 Å². The van der Waals surface area contributed by atoms with Gasteiger partial charge in [0.2, 0.25) is 0 Å². The second-order valence-corrected chi connectivity index (χ2v) is 9.47. The van der Waals surface area contributed by atoms with Gasteiger partial charge in [-0.25, -0.2) is 4.79 Å². The number of hydrogen-bond acceptors (Lipinski definition) is 1. The highest BCUT2D eigenvalue weighted by Crippen LogP contribution is 2.21. The Morgan fingerprint density at radius 2 is 0.867 bits per heavy atom. The van der Waals surface area contributed by atoms with E-state index in [-0.39, 0.29) is 6.04 Å². The van der Waals surface area contributed by atoms with Crippen LogP contribution >= 0.6 is 0 Å². The van der Waals surface area contributed by atoms with Crippen molar-refractivity contribution in [1.29, 1.82) is 0 Å². The van der Waals surface area contributed by atoms with Crippen molar-refractivity contribution in [3.05, 3.63) is 0 Å². The smallest absolute Gasteiger partial charge is 0.362 e. The third kappa shape index (κ3) is 13.7. The molecule has 1 N–H and O–H groups in total. The third-order valence-electron chi connectivity index (χ3n) is 7.42. The highest BCUT2D eigenvalue weighted by atomic mass is 16.4. The number of hydrogen-bond donors (Lipinski definition) is 1. The standard InChI is InChI=1S/C27H55NO2/c1-5-9-10-11-12-13-14-15-16-17-18-19-20-21-22-23-24-25-26(27(29)30)28(6-2,7-3)8-4/h26H,5-25H2,1-4H3/p+1. The molecule has 3 nitrogen and oxygen atoms in total.